The number of rotatable bonds is 7. The summed E-state index contributed by atoms with van der Waals surface area (Å²) in [5.41, 5.74) is 0.0608. The van der Waals surface area contributed by atoms with Crippen LogP contribution in [-0.4, -0.2) is 49.6 Å². The number of hydrogen-bond donors (Lipinski definition) is 0. The van der Waals surface area contributed by atoms with E-state index in [1.54, 1.807) is 30.3 Å². The summed E-state index contributed by atoms with van der Waals surface area (Å²) in [6.07, 6.45) is 5.90. The molecule has 0 amide bonds. The number of ketones is 1. The first-order valence-corrected chi connectivity index (χ1v) is 14.3. The molecule has 6 rings (SSSR count). The third-order valence-electron chi connectivity index (χ3n) is 7.24. The van der Waals surface area contributed by atoms with Crippen molar-refractivity contribution in [3.05, 3.63) is 112 Å². The molecule has 0 spiro atoms. The minimum Gasteiger partial charge on any atom is -0.338 e. The molecule has 2 aromatic heterocycles. The van der Waals surface area contributed by atoms with E-state index in [0.717, 1.165) is 12.4 Å². The second-order valence-electron chi connectivity index (χ2n) is 9.94. The van der Waals surface area contributed by atoms with Gasteiger partial charge in [-0.1, -0.05) is 48.0 Å². The zero-order valence-corrected chi connectivity index (χ0v) is 23.5. The quantitative estimate of drug-likeness (QED) is 0.225. The first-order valence-electron chi connectivity index (χ1n) is 13.0. The summed E-state index contributed by atoms with van der Waals surface area (Å²) >= 11 is 7.23. The average Bonchev–Trinajstić information content (AvgIpc) is 3.39. The predicted octanol–water partition coefficient (Wildman–Crippen LogP) is 6.42. The van der Waals surface area contributed by atoms with Gasteiger partial charge in [0.2, 0.25) is 5.95 Å². The fraction of sp³-hybridized carbons (Fsp3) is 0.200. The van der Waals surface area contributed by atoms with Gasteiger partial charge in [-0.25, -0.2) is 33.1 Å². The Kier molecular flexibility index (Phi) is 7.78. The predicted molar refractivity (Wildman–Crippen MR) is 157 cm³/mol. The number of benzene rings is 2. The lowest BCUT2D eigenvalue weighted by molar-refractivity contribution is 0.100. The van der Waals surface area contributed by atoms with Crippen LogP contribution in [0.3, 0.4) is 0 Å². The first-order chi connectivity index (χ1) is 20.3. The number of aromatic nitrogens is 4. The Balaban J connectivity index is 1.41. The molecule has 0 radical (unpaired) electrons. The van der Waals surface area contributed by atoms with Crippen molar-refractivity contribution < 1.29 is 18.0 Å². The third kappa shape index (κ3) is 5.66. The van der Waals surface area contributed by atoms with Crippen molar-refractivity contribution in [3.63, 3.8) is 0 Å². The van der Waals surface area contributed by atoms with Gasteiger partial charge in [-0.15, -0.1) is 11.8 Å². The van der Waals surface area contributed by atoms with Crippen molar-refractivity contribution in [1.29, 1.82) is 0 Å². The van der Waals surface area contributed by atoms with Crippen LogP contribution < -0.4 is 4.90 Å². The van der Waals surface area contributed by atoms with E-state index in [-0.39, 0.29) is 47.0 Å². The zero-order valence-electron chi connectivity index (χ0n) is 21.9. The number of halogens is 4. The topological polar surface area (TPSA) is 84.2 Å². The molecule has 0 aliphatic carbocycles. The Morgan fingerprint density at radius 2 is 1.83 bits per heavy atom. The lowest BCUT2D eigenvalue weighted by Crippen LogP contribution is -2.39. The molecule has 7 nitrogen and oxygen atoms in total. The zero-order chi connectivity index (χ0) is 29.3. The molecule has 0 unspecified atom stereocenters. The number of nitrogens with zero attached hydrogens (tertiary/aromatic N) is 6. The number of hydrogen-bond acceptors (Lipinski definition) is 8. The Hall–Kier alpha value is -4.09. The number of Topliss-reactive ketones (excluding diaryl/α,β-unsaturated/α-hetero) is 1. The van der Waals surface area contributed by atoms with Gasteiger partial charge in [-0.05, 0) is 23.8 Å². The summed E-state index contributed by atoms with van der Waals surface area (Å²) in [5.74, 6) is -1.23. The van der Waals surface area contributed by atoms with Crippen molar-refractivity contribution >= 4 is 52.0 Å². The second-order valence-corrected chi connectivity index (χ2v) is 11.4. The molecular weight excluding hydrogens is 585 g/mol. The monoisotopic (exact) mass is 606 g/mol. The summed E-state index contributed by atoms with van der Waals surface area (Å²) < 4.78 is 44.4. The van der Waals surface area contributed by atoms with Crippen molar-refractivity contribution in [3.8, 4) is 0 Å². The highest BCUT2D eigenvalue weighted by Crippen LogP contribution is 2.48. The number of thioether (sulfide) groups is 1. The smallest absolute Gasteiger partial charge is 0.225 e. The van der Waals surface area contributed by atoms with E-state index in [9.17, 15) is 9.18 Å². The summed E-state index contributed by atoms with van der Waals surface area (Å²) in [4.78, 5) is 36.0. The minimum atomic E-state index is -1.13. The lowest BCUT2D eigenvalue weighted by atomic mass is 9.80. The van der Waals surface area contributed by atoms with E-state index in [2.05, 4.69) is 19.9 Å². The highest BCUT2D eigenvalue weighted by Gasteiger charge is 2.52. The molecule has 42 heavy (non-hydrogen) atoms. The van der Waals surface area contributed by atoms with Crippen LogP contribution in [0.25, 0.3) is 11.9 Å². The van der Waals surface area contributed by atoms with E-state index < -0.39 is 23.0 Å². The van der Waals surface area contributed by atoms with Crippen LogP contribution in [0.4, 0.5) is 19.1 Å². The van der Waals surface area contributed by atoms with Crippen LogP contribution in [0.5, 0.6) is 0 Å². The molecule has 2 atom stereocenters. The highest BCUT2D eigenvalue weighted by molar-refractivity contribution is 8.14. The molecule has 0 saturated carbocycles. The van der Waals surface area contributed by atoms with Gasteiger partial charge in [0.25, 0.3) is 0 Å². The van der Waals surface area contributed by atoms with Crippen LogP contribution in [0.2, 0.25) is 5.15 Å². The molecule has 4 heterocycles. The summed E-state index contributed by atoms with van der Waals surface area (Å²) in [5, 5.41) is 0.705. The Morgan fingerprint density at radius 3 is 2.57 bits per heavy atom. The number of carbonyl (C=O) groups is 1. The first kappa shape index (κ1) is 28.0. The van der Waals surface area contributed by atoms with E-state index in [4.69, 9.17) is 16.6 Å². The normalized spacial score (nSPS) is 20.3. The Bertz CT molecular complexity index is 1690. The van der Waals surface area contributed by atoms with Crippen LogP contribution in [0.1, 0.15) is 33.6 Å². The number of anilines is 1. The SMILES string of the molecule is O=C(CC1=N[C@@]2(c3cc(/C=C(\F)c4cnc(Cl)cn4)ccc3F)CN(c3ncc(F)cn3)C[C@H]2CS1)c1ccccc1. The molecule has 1 fully saturated rings. The second kappa shape index (κ2) is 11.7. The summed E-state index contributed by atoms with van der Waals surface area (Å²) in [6, 6.07) is 13.2. The summed E-state index contributed by atoms with van der Waals surface area (Å²) in [7, 11) is 0. The molecule has 2 aliphatic rings. The largest absolute Gasteiger partial charge is 0.338 e. The van der Waals surface area contributed by atoms with Crippen LogP contribution in [0, 0.1) is 17.6 Å². The fourth-order valence-corrected chi connectivity index (χ4v) is 6.56. The van der Waals surface area contributed by atoms with Crippen LogP contribution in [0.15, 0.2) is 78.3 Å². The number of fused-ring (bicyclic) bond motifs is 1. The van der Waals surface area contributed by atoms with Crippen molar-refractivity contribution in [2.75, 3.05) is 23.7 Å². The number of aliphatic imine (C=N–C) groups is 1. The van der Waals surface area contributed by atoms with Crippen molar-refractivity contribution in [1.82, 2.24) is 19.9 Å². The molecule has 12 heteroatoms. The maximum absolute atomic E-state index is 15.7. The van der Waals surface area contributed by atoms with Gasteiger partial charge in [0.05, 0.1) is 42.8 Å². The Labute approximate surface area is 248 Å². The van der Waals surface area contributed by atoms with Gasteiger partial charge in [0.1, 0.15) is 22.2 Å². The standard InChI is InChI=1S/C30H22ClF3N6OS/c31-27-14-35-25(13-36-27)24(34)9-18-6-7-23(33)22(8-18)30-17-40(29-37-11-21(32)12-38-29)15-20(30)16-42-28(39-30)10-26(41)19-4-2-1-3-5-19/h1-9,11-14,20H,10,15-17H2/b24-9-/t20-,30-/m0/s1. The van der Waals surface area contributed by atoms with E-state index in [1.165, 1.54) is 42.4 Å². The van der Waals surface area contributed by atoms with Crippen LogP contribution >= 0.6 is 23.4 Å². The number of carbonyl (C=O) groups excluding carboxylic acids is 1. The van der Waals surface area contributed by atoms with Gasteiger partial charge in [0, 0.05) is 29.3 Å². The maximum atomic E-state index is 15.7. The maximum Gasteiger partial charge on any atom is 0.225 e. The van der Waals surface area contributed by atoms with Gasteiger partial charge in [-0.3, -0.25) is 9.79 Å². The molecule has 0 N–H and O–H groups in total. The van der Waals surface area contributed by atoms with Crippen molar-refractivity contribution in [2.24, 2.45) is 10.9 Å². The Morgan fingerprint density at radius 1 is 1.05 bits per heavy atom. The third-order valence-corrected chi connectivity index (χ3v) is 8.57. The minimum absolute atomic E-state index is 0.0180. The molecular formula is C30H22ClF3N6OS. The van der Waals surface area contributed by atoms with Crippen molar-refractivity contribution in [2.45, 2.75) is 12.0 Å². The van der Waals surface area contributed by atoms with Gasteiger partial charge in [-0.2, -0.15) is 0 Å². The lowest BCUT2D eigenvalue weighted by Gasteiger charge is -2.36. The fourth-order valence-electron chi connectivity index (χ4n) is 5.23. The summed E-state index contributed by atoms with van der Waals surface area (Å²) in [6.45, 7) is 0.610. The molecule has 4 aromatic rings. The molecule has 1 saturated heterocycles. The van der Waals surface area contributed by atoms with E-state index >= 15 is 8.78 Å². The molecule has 0 bridgehead atoms. The molecule has 212 valence electrons. The van der Waals surface area contributed by atoms with Gasteiger partial charge in [0.15, 0.2) is 17.4 Å². The van der Waals surface area contributed by atoms with Gasteiger partial charge < -0.3 is 4.90 Å². The molecule has 2 aromatic carbocycles. The van der Waals surface area contributed by atoms with Crippen LogP contribution in [-0.2, 0) is 5.54 Å². The highest BCUT2D eigenvalue weighted by atomic mass is 35.5. The average molecular weight is 607 g/mol. The molecule has 2 aliphatic heterocycles. The van der Waals surface area contributed by atoms with E-state index in [0.29, 0.717) is 28.5 Å². The van der Waals surface area contributed by atoms with E-state index in [1.807, 2.05) is 11.0 Å². The van der Waals surface area contributed by atoms with Gasteiger partial charge >= 0.3 is 0 Å².